The molecule has 22 heavy (non-hydrogen) atoms. The van der Waals surface area contributed by atoms with E-state index in [2.05, 4.69) is 10.3 Å². The normalized spacial score (nSPS) is 11.9. The van der Waals surface area contributed by atoms with E-state index in [1.54, 1.807) is 11.5 Å². The maximum Gasteiger partial charge on any atom is 0.401 e. The molecule has 1 aromatic rings. The molecule has 0 unspecified atom stereocenters. The topological polar surface area (TPSA) is 70.4 Å². The molecule has 0 fully saturated rings. The maximum atomic E-state index is 12.3. The minimum atomic E-state index is -4.19. The highest BCUT2D eigenvalue weighted by Crippen LogP contribution is 2.16. The molecule has 2 N–H and O–H groups in total. The minimum absolute atomic E-state index is 0.147. The number of aryl methyl sites for hydroxylation is 1. The number of aliphatic hydroxyl groups is 1. The van der Waals surface area contributed by atoms with E-state index in [1.165, 1.54) is 17.4 Å². The van der Waals surface area contributed by atoms with Crippen molar-refractivity contribution in [1.29, 1.82) is 0 Å². The number of alkyl halides is 3. The first-order valence-electron chi connectivity index (χ1n) is 7.05. The number of hydrogen-bond donors (Lipinski definition) is 2. The van der Waals surface area contributed by atoms with Crippen molar-refractivity contribution in [3.8, 4) is 0 Å². The van der Waals surface area contributed by atoms with Crippen molar-refractivity contribution in [3.05, 3.63) is 18.2 Å². The molecule has 9 heteroatoms. The summed E-state index contributed by atoms with van der Waals surface area (Å²) in [6.45, 7) is 1.90. The Bertz CT molecular complexity index is 462. The van der Waals surface area contributed by atoms with Gasteiger partial charge in [-0.05, 0) is 13.0 Å². The summed E-state index contributed by atoms with van der Waals surface area (Å²) >= 11 is 0. The zero-order valence-electron chi connectivity index (χ0n) is 12.4. The van der Waals surface area contributed by atoms with Gasteiger partial charge in [0.25, 0.3) is 5.91 Å². The monoisotopic (exact) mass is 322 g/mol. The lowest BCUT2D eigenvalue weighted by atomic mass is 10.3. The zero-order chi connectivity index (χ0) is 16.6. The highest BCUT2D eigenvalue weighted by atomic mass is 19.4. The summed E-state index contributed by atoms with van der Waals surface area (Å²) in [4.78, 5) is 16.8. The van der Waals surface area contributed by atoms with Crippen LogP contribution in [0.1, 0.15) is 23.8 Å². The summed E-state index contributed by atoms with van der Waals surface area (Å²) in [5.41, 5.74) is 0.219. The molecule has 0 radical (unpaired) electrons. The van der Waals surface area contributed by atoms with Crippen LogP contribution in [0, 0.1) is 0 Å². The number of nitrogens with one attached hydrogen (secondary N) is 1. The molecule has 126 valence electrons. The van der Waals surface area contributed by atoms with Crippen LogP contribution >= 0.6 is 0 Å². The Hall–Kier alpha value is -1.61. The zero-order valence-corrected chi connectivity index (χ0v) is 12.4. The first-order chi connectivity index (χ1) is 10.4. The molecule has 0 bridgehead atoms. The van der Waals surface area contributed by atoms with Gasteiger partial charge in [-0.25, -0.2) is 4.98 Å². The molecule has 0 saturated heterocycles. The van der Waals surface area contributed by atoms with Gasteiger partial charge in [0.2, 0.25) is 0 Å². The number of amides is 1. The van der Waals surface area contributed by atoms with E-state index >= 15 is 0 Å². The average molecular weight is 322 g/mol. The lowest BCUT2D eigenvalue weighted by Crippen LogP contribution is -2.35. The SMILES string of the molecule is CCN(CCCn1cnc(C(=O)NCCO)c1)CC(F)(F)F. The lowest BCUT2D eigenvalue weighted by molar-refractivity contribution is -0.145. The van der Waals surface area contributed by atoms with Crippen molar-refractivity contribution >= 4 is 5.91 Å². The summed E-state index contributed by atoms with van der Waals surface area (Å²) in [5, 5.41) is 11.1. The molecule has 1 aromatic heterocycles. The van der Waals surface area contributed by atoms with Crippen LogP contribution in [0.2, 0.25) is 0 Å². The maximum absolute atomic E-state index is 12.3. The van der Waals surface area contributed by atoms with Crippen molar-refractivity contribution in [2.24, 2.45) is 0 Å². The molecule has 6 nitrogen and oxygen atoms in total. The molecule has 0 spiro atoms. The molecule has 1 amide bonds. The summed E-state index contributed by atoms with van der Waals surface area (Å²) in [6, 6.07) is 0. The molecule has 1 rings (SSSR count). The van der Waals surface area contributed by atoms with Gasteiger partial charge < -0.3 is 15.0 Å². The fraction of sp³-hybridized carbons (Fsp3) is 0.692. The molecule has 0 aromatic carbocycles. The second-order valence-corrected chi connectivity index (χ2v) is 4.81. The van der Waals surface area contributed by atoms with Gasteiger partial charge in [0, 0.05) is 25.8 Å². The van der Waals surface area contributed by atoms with Crippen LogP contribution in [-0.2, 0) is 6.54 Å². The van der Waals surface area contributed by atoms with E-state index in [1.807, 2.05) is 0 Å². The first-order valence-corrected chi connectivity index (χ1v) is 7.05. The number of rotatable bonds is 9. The Labute approximate surface area is 126 Å². The predicted octanol–water partition coefficient (Wildman–Crippen LogP) is 0.880. The third-order valence-electron chi connectivity index (χ3n) is 3.00. The number of aliphatic hydroxyl groups excluding tert-OH is 1. The Balaban J connectivity index is 2.39. The van der Waals surface area contributed by atoms with Gasteiger partial charge in [-0.15, -0.1) is 0 Å². The molecular formula is C13H21F3N4O2. The Morgan fingerprint density at radius 2 is 2.23 bits per heavy atom. The smallest absolute Gasteiger partial charge is 0.395 e. The van der Waals surface area contributed by atoms with Crippen LogP contribution in [0.5, 0.6) is 0 Å². The molecule has 0 aliphatic carbocycles. The fourth-order valence-electron chi connectivity index (χ4n) is 1.94. The standard InChI is InChI=1S/C13H21F3N4O2/c1-2-19(9-13(14,15)16)5-3-6-20-8-11(18-10-20)12(22)17-4-7-21/h8,10,21H,2-7,9H2,1H3,(H,17,22). The van der Waals surface area contributed by atoms with Crippen molar-refractivity contribution in [2.75, 3.05) is 32.8 Å². The van der Waals surface area contributed by atoms with Crippen molar-refractivity contribution in [2.45, 2.75) is 26.1 Å². The summed E-state index contributed by atoms with van der Waals surface area (Å²) in [6.07, 6.45) is -0.665. The average Bonchev–Trinajstić information content (AvgIpc) is 2.91. The quantitative estimate of drug-likeness (QED) is 0.708. The van der Waals surface area contributed by atoms with Crippen LogP contribution in [0.15, 0.2) is 12.5 Å². The molecule has 0 saturated carbocycles. The number of nitrogens with zero attached hydrogens (tertiary/aromatic N) is 3. The van der Waals surface area contributed by atoms with Gasteiger partial charge in [-0.1, -0.05) is 6.92 Å². The van der Waals surface area contributed by atoms with Gasteiger partial charge in [0.05, 0.1) is 19.5 Å². The second kappa shape index (κ2) is 8.74. The van der Waals surface area contributed by atoms with Gasteiger partial charge >= 0.3 is 6.18 Å². The van der Waals surface area contributed by atoms with E-state index < -0.39 is 12.7 Å². The van der Waals surface area contributed by atoms with E-state index in [0.29, 0.717) is 26.1 Å². The van der Waals surface area contributed by atoms with Crippen LogP contribution in [-0.4, -0.2) is 64.4 Å². The molecule has 0 aliphatic rings. The van der Waals surface area contributed by atoms with E-state index in [9.17, 15) is 18.0 Å². The highest BCUT2D eigenvalue weighted by molar-refractivity contribution is 5.91. The number of halogens is 3. The van der Waals surface area contributed by atoms with Crippen molar-refractivity contribution < 1.29 is 23.1 Å². The summed E-state index contributed by atoms with van der Waals surface area (Å²) in [5.74, 6) is -0.389. The van der Waals surface area contributed by atoms with Crippen LogP contribution in [0.4, 0.5) is 13.2 Å². The van der Waals surface area contributed by atoms with E-state index in [-0.39, 0.29) is 24.8 Å². The number of aromatic nitrogens is 2. The Morgan fingerprint density at radius 3 is 2.82 bits per heavy atom. The predicted molar refractivity (Wildman–Crippen MR) is 74.4 cm³/mol. The van der Waals surface area contributed by atoms with Crippen LogP contribution in [0.25, 0.3) is 0 Å². The van der Waals surface area contributed by atoms with Gasteiger partial charge in [0.1, 0.15) is 5.69 Å². The highest BCUT2D eigenvalue weighted by Gasteiger charge is 2.29. The van der Waals surface area contributed by atoms with E-state index in [4.69, 9.17) is 5.11 Å². The Kier molecular flexibility index (Phi) is 7.33. The summed E-state index contributed by atoms with van der Waals surface area (Å²) in [7, 11) is 0. The molecular weight excluding hydrogens is 301 g/mol. The summed E-state index contributed by atoms with van der Waals surface area (Å²) < 4.78 is 38.6. The Morgan fingerprint density at radius 1 is 1.50 bits per heavy atom. The van der Waals surface area contributed by atoms with Gasteiger partial charge in [-0.3, -0.25) is 9.69 Å². The molecule has 0 aliphatic heterocycles. The van der Waals surface area contributed by atoms with Crippen molar-refractivity contribution in [3.63, 3.8) is 0 Å². The lowest BCUT2D eigenvalue weighted by Gasteiger charge is -2.21. The van der Waals surface area contributed by atoms with Crippen molar-refractivity contribution in [1.82, 2.24) is 19.8 Å². The van der Waals surface area contributed by atoms with Crippen LogP contribution < -0.4 is 5.32 Å². The fourth-order valence-corrected chi connectivity index (χ4v) is 1.94. The third-order valence-corrected chi connectivity index (χ3v) is 3.00. The molecule has 1 heterocycles. The second-order valence-electron chi connectivity index (χ2n) is 4.81. The number of carbonyl (C=O) groups excluding carboxylic acids is 1. The molecule has 0 atom stereocenters. The number of hydrogen-bond acceptors (Lipinski definition) is 4. The third kappa shape index (κ3) is 6.90. The number of imidazole rings is 1. The van der Waals surface area contributed by atoms with Gasteiger partial charge in [0.15, 0.2) is 0 Å². The largest absolute Gasteiger partial charge is 0.401 e. The number of carbonyl (C=O) groups is 1. The van der Waals surface area contributed by atoms with Gasteiger partial charge in [-0.2, -0.15) is 13.2 Å². The van der Waals surface area contributed by atoms with Crippen LogP contribution in [0.3, 0.4) is 0 Å². The minimum Gasteiger partial charge on any atom is -0.395 e. The first kappa shape index (κ1) is 18.4. The van der Waals surface area contributed by atoms with E-state index in [0.717, 1.165) is 0 Å².